The Hall–Kier alpha value is -0.770. The molecule has 0 spiro atoms. The van der Waals surface area contributed by atoms with E-state index >= 15 is 0 Å². The highest BCUT2D eigenvalue weighted by Crippen LogP contribution is 1.91. The second-order valence-electron chi connectivity index (χ2n) is 5.14. The largest absolute Gasteiger partial charge is 0.463 e. The number of ether oxygens (including phenoxy) is 6. The van der Waals surface area contributed by atoms with E-state index in [2.05, 4.69) is 5.32 Å². The average Bonchev–Trinajstić information content (AvgIpc) is 2.61. The van der Waals surface area contributed by atoms with Gasteiger partial charge in [0.1, 0.15) is 6.61 Å². The standard InChI is InChI=1S/C17H35NO7/c1-3-4-17(19)25-16-15-24-14-13-23-12-11-22-10-9-21-8-7-20-6-5-18-2/h18H,3-16H2,1-2H3. The van der Waals surface area contributed by atoms with Crippen molar-refractivity contribution >= 4 is 5.97 Å². The Labute approximate surface area is 151 Å². The summed E-state index contributed by atoms with van der Waals surface area (Å²) in [4.78, 5) is 11.1. The third kappa shape index (κ3) is 21.2. The minimum absolute atomic E-state index is 0.176. The van der Waals surface area contributed by atoms with Crippen molar-refractivity contribution in [3.63, 3.8) is 0 Å². The smallest absolute Gasteiger partial charge is 0.305 e. The van der Waals surface area contributed by atoms with Crippen LogP contribution in [-0.2, 0) is 33.2 Å². The van der Waals surface area contributed by atoms with Crippen LogP contribution < -0.4 is 5.32 Å². The molecular formula is C17H35NO7. The molecule has 0 aromatic carbocycles. The molecule has 0 rings (SSSR count). The first-order valence-corrected chi connectivity index (χ1v) is 9.00. The van der Waals surface area contributed by atoms with E-state index in [1.54, 1.807) is 0 Å². The predicted octanol–water partition coefficient (Wildman–Crippen LogP) is 0.632. The van der Waals surface area contributed by atoms with Gasteiger partial charge in [-0.05, 0) is 13.5 Å². The molecular weight excluding hydrogens is 330 g/mol. The zero-order valence-corrected chi connectivity index (χ0v) is 15.8. The van der Waals surface area contributed by atoms with E-state index < -0.39 is 0 Å². The molecule has 0 saturated heterocycles. The maximum absolute atomic E-state index is 11.1. The maximum Gasteiger partial charge on any atom is 0.305 e. The molecule has 1 N–H and O–H groups in total. The van der Waals surface area contributed by atoms with E-state index in [-0.39, 0.29) is 5.97 Å². The van der Waals surface area contributed by atoms with E-state index in [1.807, 2.05) is 14.0 Å². The topological polar surface area (TPSA) is 84.5 Å². The van der Waals surface area contributed by atoms with Crippen molar-refractivity contribution < 1.29 is 33.2 Å². The SMILES string of the molecule is CCCC(=O)OCCOCCOCCOCCOCCOCCNC. The van der Waals surface area contributed by atoms with Crippen molar-refractivity contribution in [2.24, 2.45) is 0 Å². The molecule has 0 aromatic heterocycles. The Morgan fingerprint density at radius 1 is 0.680 bits per heavy atom. The highest BCUT2D eigenvalue weighted by molar-refractivity contribution is 5.69. The summed E-state index contributed by atoms with van der Waals surface area (Å²) in [5.74, 6) is -0.176. The Morgan fingerprint density at radius 3 is 1.48 bits per heavy atom. The summed E-state index contributed by atoms with van der Waals surface area (Å²) >= 11 is 0. The summed E-state index contributed by atoms with van der Waals surface area (Å²) < 4.78 is 31.7. The Kier molecular flexibility index (Phi) is 20.6. The van der Waals surface area contributed by atoms with E-state index in [0.29, 0.717) is 79.1 Å². The van der Waals surface area contributed by atoms with E-state index in [4.69, 9.17) is 28.4 Å². The molecule has 0 saturated carbocycles. The van der Waals surface area contributed by atoms with Crippen LogP contribution in [0.4, 0.5) is 0 Å². The van der Waals surface area contributed by atoms with Gasteiger partial charge in [0, 0.05) is 13.0 Å². The first-order valence-electron chi connectivity index (χ1n) is 9.00. The van der Waals surface area contributed by atoms with Crippen molar-refractivity contribution in [3.05, 3.63) is 0 Å². The van der Waals surface area contributed by atoms with Gasteiger partial charge in [-0.3, -0.25) is 4.79 Å². The highest BCUT2D eigenvalue weighted by Gasteiger charge is 1.99. The van der Waals surface area contributed by atoms with E-state index in [1.165, 1.54) is 0 Å². The third-order valence-corrected chi connectivity index (χ3v) is 2.93. The molecule has 25 heavy (non-hydrogen) atoms. The summed E-state index contributed by atoms with van der Waals surface area (Å²) in [5, 5.41) is 3.00. The number of hydrogen-bond donors (Lipinski definition) is 1. The van der Waals surface area contributed by atoms with Crippen LogP contribution in [0.3, 0.4) is 0 Å². The van der Waals surface area contributed by atoms with Crippen LogP contribution >= 0.6 is 0 Å². The molecule has 0 amide bonds. The fourth-order valence-electron chi connectivity index (χ4n) is 1.65. The van der Waals surface area contributed by atoms with Gasteiger partial charge in [-0.1, -0.05) is 6.92 Å². The Balaban J connectivity index is 3.02. The molecule has 0 fully saturated rings. The summed E-state index contributed by atoms with van der Waals surface area (Å²) in [5.41, 5.74) is 0. The van der Waals surface area contributed by atoms with Gasteiger partial charge in [0.05, 0.1) is 66.1 Å². The van der Waals surface area contributed by atoms with Gasteiger partial charge in [0.2, 0.25) is 0 Å². The van der Waals surface area contributed by atoms with Crippen LogP contribution in [0.2, 0.25) is 0 Å². The number of hydrogen-bond acceptors (Lipinski definition) is 8. The number of carbonyl (C=O) groups is 1. The lowest BCUT2D eigenvalue weighted by Crippen LogP contribution is -2.17. The van der Waals surface area contributed by atoms with Crippen LogP contribution in [0, 0.1) is 0 Å². The van der Waals surface area contributed by atoms with Crippen LogP contribution in [0.15, 0.2) is 0 Å². The van der Waals surface area contributed by atoms with Gasteiger partial charge < -0.3 is 33.7 Å². The number of likely N-dealkylation sites (N-methyl/N-ethyl adjacent to an activating group) is 1. The molecule has 0 unspecified atom stereocenters. The second kappa shape index (κ2) is 21.3. The molecule has 0 radical (unpaired) electrons. The Bertz CT molecular complexity index is 280. The van der Waals surface area contributed by atoms with Crippen molar-refractivity contribution in [2.45, 2.75) is 19.8 Å². The monoisotopic (exact) mass is 365 g/mol. The summed E-state index contributed by atoms with van der Waals surface area (Å²) in [6.07, 6.45) is 1.26. The van der Waals surface area contributed by atoms with E-state index in [0.717, 1.165) is 13.0 Å². The minimum Gasteiger partial charge on any atom is -0.463 e. The van der Waals surface area contributed by atoms with Gasteiger partial charge in [-0.2, -0.15) is 0 Å². The minimum atomic E-state index is -0.176. The van der Waals surface area contributed by atoms with Crippen LogP contribution in [-0.4, -0.2) is 92.2 Å². The predicted molar refractivity (Wildman–Crippen MR) is 93.9 cm³/mol. The van der Waals surface area contributed by atoms with Gasteiger partial charge in [-0.15, -0.1) is 0 Å². The normalized spacial score (nSPS) is 11.0. The second-order valence-corrected chi connectivity index (χ2v) is 5.14. The molecule has 150 valence electrons. The fourth-order valence-corrected chi connectivity index (χ4v) is 1.65. The lowest BCUT2D eigenvalue weighted by atomic mass is 10.3. The molecule has 0 atom stereocenters. The Morgan fingerprint density at radius 2 is 1.08 bits per heavy atom. The molecule has 0 bridgehead atoms. The zero-order chi connectivity index (χ0) is 18.4. The lowest BCUT2D eigenvalue weighted by molar-refractivity contribution is -0.145. The van der Waals surface area contributed by atoms with Crippen LogP contribution in [0.5, 0.6) is 0 Å². The van der Waals surface area contributed by atoms with Crippen LogP contribution in [0.1, 0.15) is 19.8 Å². The molecule has 0 aliphatic carbocycles. The number of rotatable bonds is 20. The zero-order valence-electron chi connectivity index (χ0n) is 15.8. The average molecular weight is 365 g/mol. The van der Waals surface area contributed by atoms with Crippen molar-refractivity contribution in [1.82, 2.24) is 5.32 Å². The van der Waals surface area contributed by atoms with Crippen molar-refractivity contribution in [2.75, 3.05) is 86.3 Å². The highest BCUT2D eigenvalue weighted by atomic mass is 16.6. The first kappa shape index (κ1) is 24.2. The van der Waals surface area contributed by atoms with Crippen LogP contribution in [0.25, 0.3) is 0 Å². The molecule has 0 aromatic rings. The summed E-state index contributed by atoms with van der Waals surface area (Å²) in [6, 6.07) is 0. The lowest BCUT2D eigenvalue weighted by Gasteiger charge is -2.08. The van der Waals surface area contributed by atoms with Crippen molar-refractivity contribution in [1.29, 1.82) is 0 Å². The number of esters is 1. The summed E-state index contributed by atoms with van der Waals surface area (Å²) in [7, 11) is 1.89. The molecule has 8 heteroatoms. The maximum atomic E-state index is 11.1. The molecule has 0 heterocycles. The molecule has 0 aliphatic rings. The van der Waals surface area contributed by atoms with Gasteiger partial charge in [0.25, 0.3) is 0 Å². The number of nitrogens with one attached hydrogen (secondary N) is 1. The van der Waals surface area contributed by atoms with E-state index in [9.17, 15) is 4.79 Å². The van der Waals surface area contributed by atoms with Gasteiger partial charge in [-0.25, -0.2) is 0 Å². The molecule has 0 aliphatic heterocycles. The van der Waals surface area contributed by atoms with Gasteiger partial charge >= 0.3 is 5.97 Å². The van der Waals surface area contributed by atoms with Crippen molar-refractivity contribution in [3.8, 4) is 0 Å². The quantitative estimate of drug-likeness (QED) is 0.248. The van der Waals surface area contributed by atoms with Gasteiger partial charge in [0.15, 0.2) is 0 Å². The summed E-state index contributed by atoms with van der Waals surface area (Å²) in [6.45, 7) is 8.45. The third-order valence-electron chi connectivity index (χ3n) is 2.93. The molecule has 8 nitrogen and oxygen atoms in total. The first-order chi connectivity index (χ1) is 12.3. The fraction of sp³-hybridized carbons (Fsp3) is 0.941. The number of carbonyl (C=O) groups excluding carboxylic acids is 1.